The van der Waals surface area contributed by atoms with Gasteiger partial charge in [-0.3, -0.25) is 14.5 Å². The van der Waals surface area contributed by atoms with Crippen LogP contribution in [0.15, 0.2) is 16.8 Å². The van der Waals surface area contributed by atoms with E-state index in [4.69, 9.17) is 0 Å². The summed E-state index contributed by atoms with van der Waals surface area (Å²) in [5.41, 5.74) is 0.686. The largest absolute Gasteiger partial charge is 0.355 e. The first-order valence-corrected chi connectivity index (χ1v) is 8.70. The van der Waals surface area contributed by atoms with E-state index in [0.29, 0.717) is 31.5 Å². The summed E-state index contributed by atoms with van der Waals surface area (Å²) in [6.45, 7) is 6.27. The van der Waals surface area contributed by atoms with E-state index in [2.05, 4.69) is 20.9 Å². The van der Waals surface area contributed by atoms with Crippen LogP contribution in [0.4, 0.5) is 0 Å². The highest BCUT2D eigenvalue weighted by Crippen LogP contribution is 2.05. The Morgan fingerprint density at radius 3 is 2.77 bits per heavy atom. The lowest BCUT2D eigenvalue weighted by atomic mass is 10.2. The van der Waals surface area contributed by atoms with Crippen molar-refractivity contribution in [2.24, 2.45) is 0 Å². The number of nitrogens with one attached hydrogen (secondary N) is 3. The molecule has 0 spiro atoms. The number of hydrogen-bond donors (Lipinski definition) is 3. The lowest BCUT2D eigenvalue weighted by Gasteiger charge is -2.27. The molecule has 1 fully saturated rings. The quantitative estimate of drug-likeness (QED) is 0.601. The van der Waals surface area contributed by atoms with Crippen molar-refractivity contribution < 1.29 is 9.59 Å². The fourth-order valence-electron chi connectivity index (χ4n) is 2.32. The summed E-state index contributed by atoms with van der Waals surface area (Å²) < 4.78 is 0. The number of rotatable bonds is 8. The number of carbonyl (C=O) groups is 2. The van der Waals surface area contributed by atoms with Crippen molar-refractivity contribution in [1.82, 2.24) is 20.9 Å². The molecule has 2 rings (SSSR count). The zero-order chi connectivity index (χ0) is 15.6. The molecule has 7 heteroatoms. The lowest BCUT2D eigenvalue weighted by Crippen LogP contribution is -2.46. The van der Waals surface area contributed by atoms with Crippen LogP contribution < -0.4 is 16.0 Å². The highest BCUT2D eigenvalue weighted by Gasteiger charge is 2.09. The van der Waals surface area contributed by atoms with E-state index in [0.717, 1.165) is 32.7 Å². The van der Waals surface area contributed by atoms with Gasteiger partial charge in [-0.2, -0.15) is 11.3 Å². The number of carbonyl (C=O) groups excluding carboxylic acids is 2. The van der Waals surface area contributed by atoms with Crippen LogP contribution in [0.25, 0.3) is 0 Å². The molecule has 2 heterocycles. The Labute approximate surface area is 135 Å². The molecule has 0 aliphatic carbocycles. The van der Waals surface area contributed by atoms with E-state index >= 15 is 0 Å². The van der Waals surface area contributed by atoms with Gasteiger partial charge in [0.15, 0.2) is 0 Å². The molecule has 1 aromatic heterocycles. The topological polar surface area (TPSA) is 73.5 Å². The van der Waals surface area contributed by atoms with Crippen LogP contribution in [0.1, 0.15) is 23.2 Å². The third-order valence-electron chi connectivity index (χ3n) is 3.61. The second kappa shape index (κ2) is 9.55. The highest BCUT2D eigenvalue weighted by atomic mass is 32.1. The molecule has 0 bridgehead atoms. The van der Waals surface area contributed by atoms with Gasteiger partial charge in [0, 0.05) is 63.2 Å². The van der Waals surface area contributed by atoms with Gasteiger partial charge in [0.1, 0.15) is 0 Å². The Kier molecular flexibility index (Phi) is 7.35. The summed E-state index contributed by atoms with van der Waals surface area (Å²) in [5, 5.41) is 12.8. The van der Waals surface area contributed by atoms with Gasteiger partial charge in [-0.25, -0.2) is 0 Å². The Balaban J connectivity index is 1.48. The van der Waals surface area contributed by atoms with Crippen molar-refractivity contribution in [2.45, 2.75) is 12.8 Å². The number of nitrogens with zero attached hydrogens (tertiary/aromatic N) is 1. The third kappa shape index (κ3) is 6.13. The summed E-state index contributed by atoms with van der Waals surface area (Å²) in [6.07, 6.45) is 1.11. The van der Waals surface area contributed by atoms with Gasteiger partial charge in [-0.1, -0.05) is 0 Å². The molecule has 1 aromatic rings. The average molecular weight is 324 g/mol. The number of piperazine rings is 1. The first-order chi connectivity index (χ1) is 10.8. The first-order valence-electron chi connectivity index (χ1n) is 7.76. The molecule has 0 unspecified atom stereocenters. The van der Waals surface area contributed by atoms with Crippen LogP contribution in [-0.2, 0) is 4.79 Å². The summed E-state index contributed by atoms with van der Waals surface area (Å²) >= 11 is 1.50. The van der Waals surface area contributed by atoms with Gasteiger partial charge in [0.25, 0.3) is 5.91 Å². The molecule has 0 radical (unpaired) electrons. The predicted molar refractivity (Wildman–Crippen MR) is 88.2 cm³/mol. The zero-order valence-electron chi connectivity index (χ0n) is 12.8. The molecular formula is C15H24N4O2S. The van der Waals surface area contributed by atoms with Crippen molar-refractivity contribution in [3.05, 3.63) is 22.4 Å². The summed E-state index contributed by atoms with van der Waals surface area (Å²) in [5.74, 6) is -0.0136. The number of amides is 2. The smallest absolute Gasteiger partial charge is 0.252 e. The van der Waals surface area contributed by atoms with E-state index in [1.54, 1.807) is 6.07 Å². The maximum atomic E-state index is 11.7. The maximum Gasteiger partial charge on any atom is 0.252 e. The standard InChI is InChI=1S/C15H24N4O2S/c20-14(17-7-10-19-8-5-16-6-9-19)2-1-4-18-15(21)13-3-11-22-12-13/h3,11-12,16H,1-2,4-10H2,(H,17,20)(H,18,21). The molecule has 2 amide bonds. The zero-order valence-corrected chi connectivity index (χ0v) is 13.6. The van der Waals surface area contributed by atoms with Gasteiger partial charge in [-0.15, -0.1) is 0 Å². The molecular weight excluding hydrogens is 300 g/mol. The van der Waals surface area contributed by atoms with Gasteiger partial charge < -0.3 is 16.0 Å². The summed E-state index contributed by atoms with van der Waals surface area (Å²) in [4.78, 5) is 25.7. The van der Waals surface area contributed by atoms with Crippen LogP contribution >= 0.6 is 11.3 Å². The Morgan fingerprint density at radius 2 is 2.05 bits per heavy atom. The van der Waals surface area contributed by atoms with Gasteiger partial charge in [0.05, 0.1) is 0 Å². The minimum absolute atomic E-state index is 0.0555. The molecule has 0 aromatic carbocycles. The molecule has 122 valence electrons. The fraction of sp³-hybridized carbons (Fsp3) is 0.600. The molecule has 0 atom stereocenters. The van der Waals surface area contributed by atoms with Crippen molar-refractivity contribution in [3.8, 4) is 0 Å². The Hall–Kier alpha value is -1.44. The normalized spacial score (nSPS) is 15.5. The van der Waals surface area contributed by atoms with Gasteiger partial charge in [0.2, 0.25) is 5.91 Å². The van der Waals surface area contributed by atoms with Gasteiger partial charge in [-0.05, 0) is 17.9 Å². The SMILES string of the molecule is O=C(CCCNC(=O)c1ccsc1)NCCN1CCNCC1. The molecule has 1 aliphatic heterocycles. The fourth-order valence-corrected chi connectivity index (χ4v) is 2.96. The van der Waals surface area contributed by atoms with Gasteiger partial charge >= 0.3 is 0 Å². The van der Waals surface area contributed by atoms with Crippen molar-refractivity contribution in [2.75, 3.05) is 45.8 Å². The molecule has 6 nitrogen and oxygen atoms in total. The summed E-state index contributed by atoms with van der Waals surface area (Å²) in [6, 6.07) is 1.79. The predicted octanol–water partition coefficient (Wildman–Crippen LogP) is 0.280. The van der Waals surface area contributed by atoms with Crippen molar-refractivity contribution >= 4 is 23.2 Å². The molecule has 1 aliphatic rings. The highest BCUT2D eigenvalue weighted by molar-refractivity contribution is 7.08. The molecule has 22 heavy (non-hydrogen) atoms. The van der Waals surface area contributed by atoms with Crippen LogP contribution in [-0.4, -0.2) is 62.5 Å². The van der Waals surface area contributed by atoms with Crippen LogP contribution in [0, 0.1) is 0 Å². The summed E-state index contributed by atoms with van der Waals surface area (Å²) in [7, 11) is 0. The van der Waals surface area contributed by atoms with E-state index < -0.39 is 0 Å². The van der Waals surface area contributed by atoms with E-state index in [1.807, 2.05) is 10.8 Å². The van der Waals surface area contributed by atoms with E-state index in [-0.39, 0.29) is 11.8 Å². The van der Waals surface area contributed by atoms with Crippen LogP contribution in [0.3, 0.4) is 0 Å². The average Bonchev–Trinajstić information content (AvgIpc) is 3.07. The Morgan fingerprint density at radius 1 is 1.23 bits per heavy atom. The van der Waals surface area contributed by atoms with Crippen molar-refractivity contribution in [1.29, 1.82) is 0 Å². The van der Waals surface area contributed by atoms with E-state index in [1.165, 1.54) is 11.3 Å². The number of hydrogen-bond acceptors (Lipinski definition) is 5. The van der Waals surface area contributed by atoms with Crippen molar-refractivity contribution in [3.63, 3.8) is 0 Å². The third-order valence-corrected chi connectivity index (χ3v) is 4.29. The molecule has 1 saturated heterocycles. The number of thiophene rings is 1. The first kappa shape index (κ1) is 16.9. The minimum Gasteiger partial charge on any atom is -0.355 e. The Bertz CT molecular complexity index is 458. The second-order valence-electron chi connectivity index (χ2n) is 5.31. The lowest BCUT2D eigenvalue weighted by molar-refractivity contribution is -0.121. The minimum atomic E-state index is -0.0691. The molecule has 0 saturated carbocycles. The van der Waals surface area contributed by atoms with E-state index in [9.17, 15) is 9.59 Å². The van der Waals surface area contributed by atoms with Crippen LogP contribution in [0.2, 0.25) is 0 Å². The maximum absolute atomic E-state index is 11.7. The monoisotopic (exact) mass is 324 g/mol. The van der Waals surface area contributed by atoms with Crippen LogP contribution in [0.5, 0.6) is 0 Å². The molecule has 3 N–H and O–H groups in total. The second-order valence-corrected chi connectivity index (χ2v) is 6.09.